The van der Waals surface area contributed by atoms with Crippen LogP contribution >= 0.6 is 0 Å². The third kappa shape index (κ3) is 1.89. The van der Waals surface area contributed by atoms with Gasteiger partial charge in [0.25, 0.3) is 0 Å². The lowest BCUT2D eigenvalue weighted by Crippen LogP contribution is -2.13. The first-order valence-corrected chi connectivity index (χ1v) is 2.61. The van der Waals surface area contributed by atoms with Crippen LogP contribution in [0.3, 0.4) is 0 Å². The topological polar surface area (TPSA) is 63.6 Å². The molecule has 0 aromatic rings. The Morgan fingerprint density at radius 1 is 1.50 bits per heavy atom. The summed E-state index contributed by atoms with van der Waals surface area (Å²) in [6.45, 7) is 1.46. The zero-order valence-electron chi connectivity index (χ0n) is 5.75. The highest BCUT2D eigenvalue weighted by atomic mass is 16.5. The number of carboxylic acid groups (broad SMARTS) is 1. The third-order valence-corrected chi connectivity index (χ3v) is 0.924. The van der Waals surface area contributed by atoms with Gasteiger partial charge in [-0.2, -0.15) is 0 Å². The summed E-state index contributed by atoms with van der Waals surface area (Å²) in [4.78, 5) is 20.7. The summed E-state index contributed by atoms with van der Waals surface area (Å²) in [6.07, 6.45) is 1.19. The van der Waals surface area contributed by atoms with Gasteiger partial charge in [0, 0.05) is 0 Å². The van der Waals surface area contributed by atoms with Gasteiger partial charge in [-0.05, 0) is 6.92 Å². The van der Waals surface area contributed by atoms with Crippen molar-refractivity contribution in [1.82, 2.24) is 0 Å². The van der Waals surface area contributed by atoms with Gasteiger partial charge in [0.1, 0.15) is 5.57 Å². The number of hydrogen-bond acceptors (Lipinski definition) is 3. The second-order valence-electron chi connectivity index (χ2n) is 1.50. The minimum Gasteiger partial charge on any atom is -0.477 e. The lowest BCUT2D eigenvalue weighted by Gasteiger charge is -1.96. The molecule has 56 valence electrons. The molecule has 0 aromatic carbocycles. The second kappa shape index (κ2) is 3.66. The minimum absolute atomic E-state index is 0.345. The number of carbonyl (C=O) groups is 2. The summed E-state index contributed by atoms with van der Waals surface area (Å²) in [5, 5.41) is 8.31. The molecular formula is C6H8O4. The molecule has 1 N–H and O–H groups in total. The average Bonchev–Trinajstić information content (AvgIpc) is 1.88. The summed E-state index contributed by atoms with van der Waals surface area (Å²) >= 11 is 0. The van der Waals surface area contributed by atoms with Gasteiger partial charge in [0.2, 0.25) is 0 Å². The molecule has 0 atom stereocenters. The summed E-state index contributed by atoms with van der Waals surface area (Å²) < 4.78 is 4.18. The molecule has 0 aliphatic carbocycles. The molecule has 0 radical (unpaired) electrons. The maximum Gasteiger partial charge on any atom is 0.344 e. The Labute approximate surface area is 58.1 Å². The van der Waals surface area contributed by atoms with Crippen molar-refractivity contribution in [2.24, 2.45) is 0 Å². The number of allylic oxidation sites excluding steroid dienone is 1. The van der Waals surface area contributed by atoms with Crippen LogP contribution in [0.2, 0.25) is 0 Å². The van der Waals surface area contributed by atoms with E-state index >= 15 is 0 Å². The molecule has 0 saturated carbocycles. The molecular weight excluding hydrogens is 136 g/mol. The molecule has 0 aliphatic rings. The van der Waals surface area contributed by atoms with Gasteiger partial charge in [-0.1, -0.05) is 6.08 Å². The molecule has 0 aliphatic heterocycles. The third-order valence-electron chi connectivity index (χ3n) is 0.924. The number of rotatable bonds is 2. The SMILES string of the molecule is CC=C(C(=O)O)C(=O)OC. The van der Waals surface area contributed by atoms with Crippen LogP contribution in [0, 0.1) is 0 Å². The number of methoxy groups -OCH3 is 1. The molecule has 0 unspecified atom stereocenters. The molecule has 4 nitrogen and oxygen atoms in total. The molecule has 0 bridgehead atoms. The monoisotopic (exact) mass is 144 g/mol. The fourth-order valence-corrected chi connectivity index (χ4v) is 0.439. The smallest absolute Gasteiger partial charge is 0.344 e. The van der Waals surface area contributed by atoms with E-state index in [1.54, 1.807) is 0 Å². The van der Waals surface area contributed by atoms with Gasteiger partial charge in [-0.15, -0.1) is 0 Å². The van der Waals surface area contributed by atoms with Crippen LogP contribution in [0.25, 0.3) is 0 Å². The van der Waals surface area contributed by atoms with Crippen LogP contribution in [0.5, 0.6) is 0 Å². The summed E-state index contributed by atoms with van der Waals surface area (Å²) in [5.74, 6) is -2.09. The fourth-order valence-electron chi connectivity index (χ4n) is 0.439. The first kappa shape index (κ1) is 8.68. The van der Waals surface area contributed by atoms with Gasteiger partial charge >= 0.3 is 11.9 Å². The van der Waals surface area contributed by atoms with E-state index in [2.05, 4.69) is 4.74 Å². The van der Waals surface area contributed by atoms with Gasteiger partial charge < -0.3 is 9.84 Å². The predicted octanol–water partition coefficient (Wildman–Crippen LogP) is 0.190. The molecule has 0 spiro atoms. The Bertz CT molecular complexity index is 180. The van der Waals surface area contributed by atoms with Gasteiger partial charge in [0.05, 0.1) is 7.11 Å². The lowest BCUT2D eigenvalue weighted by molar-refractivity contribution is -0.142. The van der Waals surface area contributed by atoms with E-state index < -0.39 is 11.9 Å². The number of esters is 1. The average molecular weight is 144 g/mol. The Balaban J connectivity index is 4.39. The predicted molar refractivity (Wildman–Crippen MR) is 33.4 cm³/mol. The van der Waals surface area contributed by atoms with E-state index in [-0.39, 0.29) is 5.57 Å². The molecule has 0 aromatic heterocycles. The van der Waals surface area contributed by atoms with E-state index in [9.17, 15) is 9.59 Å². The molecule has 0 heterocycles. The maximum atomic E-state index is 10.5. The van der Waals surface area contributed by atoms with E-state index in [4.69, 9.17) is 5.11 Å². The highest BCUT2D eigenvalue weighted by molar-refractivity contribution is 6.13. The quantitative estimate of drug-likeness (QED) is 0.260. The molecule has 10 heavy (non-hydrogen) atoms. The van der Waals surface area contributed by atoms with Crippen LogP contribution in [-0.4, -0.2) is 24.2 Å². The van der Waals surface area contributed by atoms with Crippen molar-refractivity contribution in [1.29, 1.82) is 0 Å². The highest BCUT2D eigenvalue weighted by Gasteiger charge is 2.15. The van der Waals surface area contributed by atoms with Crippen LogP contribution in [0.1, 0.15) is 6.92 Å². The summed E-state index contributed by atoms with van der Waals surface area (Å²) in [7, 11) is 1.13. The number of hydrogen-bond donors (Lipinski definition) is 1. The first-order valence-electron chi connectivity index (χ1n) is 2.61. The van der Waals surface area contributed by atoms with E-state index in [1.807, 2.05) is 0 Å². The number of carboxylic acids is 1. The molecule has 4 heteroatoms. The zero-order valence-corrected chi connectivity index (χ0v) is 5.75. The molecule has 0 rings (SSSR count). The Morgan fingerprint density at radius 2 is 2.00 bits per heavy atom. The van der Waals surface area contributed by atoms with Crippen molar-refractivity contribution in [2.75, 3.05) is 7.11 Å². The lowest BCUT2D eigenvalue weighted by atomic mass is 10.3. The fraction of sp³-hybridized carbons (Fsp3) is 0.333. The van der Waals surface area contributed by atoms with E-state index in [0.29, 0.717) is 0 Å². The van der Waals surface area contributed by atoms with Crippen molar-refractivity contribution in [3.8, 4) is 0 Å². The Kier molecular flexibility index (Phi) is 3.17. The van der Waals surface area contributed by atoms with E-state index in [0.717, 1.165) is 7.11 Å². The molecule has 0 fully saturated rings. The molecule has 0 amide bonds. The molecule has 0 saturated heterocycles. The van der Waals surface area contributed by atoms with Crippen LogP contribution < -0.4 is 0 Å². The summed E-state index contributed by atoms with van der Waals surface area (Å²) in [6, 6.07) is 0. The van der Waals surface area contributed by atoms with Crippen molar-refractivity contribution in [2.45, 2.75) is 6.92 Å². The van der Waals surface area contributed by atoms with Crippen molar-refractivity contribution < 1.29 is 19.4 Å². The first-order chi connectivity index (χ1) is 4.63. The Morgan fingerprint density at radius 3 is 2.10 bits per heavy atom. The van der Waals surface area contributed by atoms with Gasteiger partial charge in [0.15, 0.2) is 0 Å². The van der Waals surface area contributed by atoms with Gasteiger partial charge in [-0.3, -0.25) is 0 Å². The maximum absolute atomic E-state index is 10.5. The van der Waals surface area contributed by atoms with Crippen LogP contribution in [-0.2, 0) is 14.3 Å². The second-order valence-corrected chi connectivity index (χ2v) is 1.50. The minimum atomic E-state index is -1.27. The van der Waals surface area contributed by atoms with Crippen molar-refractivity contribution >= 4 is 11.9 Å². The van der Waals surface area contributed by atoms with Gasteiger partial charge in [-0.25, -0.2) is 9.59 Å². The standard InChI is InChI=1S/C6H8O4/c1-3-4(5(7)8)6(9)10-2/h3H,1-2H3,(H,7,8). The van der Waals surface area contributed by atoms with E-state index in [1.165, 1.54) is 13.0 Å². The van der Waals surface area contributed by atoms with Crippen molar-refractivity contribution in [3.63, 3.8) is 0 Å². The van der Waals surface area contributed by atoms with Crippen LogP contribution in [0.4, 0.5) is 0 Å². The van der Waals surface area contributed by atoms with Crippen molar-refractivity contribution in [3.05, 3.63) is 11.6 Å². The number of carbonyl (C=O) groups excluding carboxylic acids is 1. The highest BCUT2D eigenvalue weighted by Crippen LogP contribution is 1.95. The summed E-state index contributed by atoms with van der Waals surface area (Å²) in [5.41, 5.74) is -0.345. The number of ether oxygens (including phenoxy) is 1. The normalized spacial score (nSPS) is 10.8. The Hall–Kier alpha value is -1.32. The zero-order chi connectivity index (χ0) is 8.15. The largest absolute Gasteiger partial charge is 0.477 e. The number of aliphatic carboxylic acids is 1. The van der Waals surface area contributed by atoms with Crippen LogP contribution in [0.15, 0.2) is 11.6 Å².